The molecule has 1 aliphatic heterocycles. The number of ether oxygens (including phenoxy) is 1. The van der Waals surface area contributed by atoms with Gasteiger partial charge < -0.3 is 19.2 Å². The average Bonchev–Trinajstić information content (AvgIpc) is 2.78. The molecule has 32 heavy (non-hydrogen) atoms. The van der Waals surface area contributed by atoms with Gasteiger partial charge in [0.1, 0.15) is 11.3 Å². The molecule has 2 heterocycles. The molecule has 166 valence electrons. The van der Waals surface area contributed by atoms with E-state index >= 15 is 0 Å². The van der Waals surface area contributed by atoms with Crippen LogP contribution in [-0.2, 0) is 9.59 Å². The first-order valence-electron chi connectivity index (χ1n) is 10.3. The van der Waals surface area contributed by atoms with Gasteiger partial charge in [0.25, 0.3) is 5.91 Å². The zero-order valence-electron chi connectivity index (χ0n) is 17.4. The molecular weight excluding hydrogens is 434 g/mol. The predicted octanol–water partition coefficient (Wildman–Crippen LogP) is 4.20. The fraction of sp³-hybridized carbons (Fsp3) is 0.292. The maximum absolute atomic E-state index is 12.8. The van der Waals surface area contributed by atoms with Gasteiger partial charge in [-0.15, -0.1) is 0 Å². The van der Waals surface area contributed by atoms with Crippen LogP contribution < -0.4 is 10.4 Å². The van der Waals surface area contributed by atoms with Crippen LogP contribution in [0.4, 0.5) is 0 Å². The predicted molar refractivity (Wildman–Crippen MR) is 120 cm³/mol. The third-order valence-corrected chi connectivity index (χ3v) is 5.95. The minimum atomic E-state index is -0.894. The fourth-order valence-corrected chi connectivity index (χ4v) is 4.25. The van der Waals surface area contributed by atoms with Crippen molar-refractivity contribution in [3.05, 3.63) is 64.0 Å². The summed E-state index contributed by atoms with van der Waals surface area (Å²) in [6, 6.07) is 13.6. The quantitative estimate of drug-likeness (QED) is 0.579. The zero-order valence-corrected chi connectivity index (χ0v) is 18.2. The van der Waals surface area contributed by atoms with E-state index in [2.05, 4.69) is 0 Å². The minimum Gasteiger partial charge on any atom is -0.481 e. The van der Waals surface area contributed by atoms with Gasteiger partial charge in [-0.05, 0) is 38.0 Å². The lowest BCUT2D eigenvalue weighted by atomic mass is 9.98. The first kappa shape index (κ1) is 21.9. The van der Waals surface area contributed by atoms with E-state index in [1.165, 1.54) is 11.0 Å². The van der Waals surface area contributed by atoms with Crippen molar-refractivity contribution in [1.82, 2.24) is 4.90 Å². The normalized spacial score (nSPS) is 17.2. The molecule has 4 rings (SSSR count). The first-order chi connectivity index (χ1) is 15.3. The number of piperidine rings is 1. The lowest BCUT2D eigenvalue weighted by molar-refractivity contribution is -0.147. The SMILES string of the molecule is CC(Oc1ccc2c(-c3ccccc3Cl)cc(=O)oc2c1)C(=O)N1CCC[C@@H](C(=O)O)C1. The molecule has 0 saturated carbocycles. The van der Waals surface area contributed by atoms with E-state index in [4.69, 9.17) is 20.8 Å². The van der Waals surface area contributed by atoms with Crippen LogP contribution in [0.15, 0.2) is 57.7 Å². The van der Waals surface area contributed by atoms with E-state index in [-0.39, 0.29) is 12.5 Å². The molecule has 1 amide bonds. The number of fused-ring (bicyclic) bond motifs is 1. The molecule has 0 spiro atoms. The molecule has 1 fully saturated rings. The third kappa shape index (κ3) is 4.48. The standard InChI is InChI=1S/C24H22ClNO6/c1-14(23(28)26-10-4-5-15(13-26)24(29)30)31-16-8-9-18-19(12-22(27)32-21(18)11-16)17-6-2-3-7-20(17)25/h2-3,6-9,11-12,14-15H,4-5,10,13H2,1H3,(H,29,30)/t14?,15-/m1/s1. The smallest absolute Gasteiger partial charge is 0.336 e. The van der Waals surface area contributed by atoms with Crippen molar-refractivity contribution in [1.29, 1.82) is 0 Å². The summed E-state index contributed by atoms with van der Waals surface area (Å²) in [6.45, 7) is 2.30. The van der Waals surface area contributed by atoms with Gasteiger partial charge in [-0.2, -0.15) is 0 Å². The van der Waals surface area contributed by atoms with Gasteiger partial charge in [0.2, 0.25) is 0 Å². The fourth-order valence-electron chi connectivity index (χ4n) is 4.01. The Labute approximate surface area is 189 Å². The van der Waals surface area contributed by atoms with Crippen molar-refractivity contribution in [3.63, 3.8) is 0 Å². The van der Waals surface area contributed by atoms with Crippen molar-refractivity contribution in [2.75, 3.05) is 13.1 Å². The van der Waals surface area contributed by atoms with E-state index in [9.17, 15) is 19.5 Å². The summed E-state index contributed by atoms with van der Waals surface area (Å²) in [4.78, 5) is 37.8. The van der Waals surface area contributed by atoms with Crippen molar-refractivity contribution in [2.45, 2.75) is 25.9 Å². The average molecular weight is 456 g/mol. The highest BCUT2D eigenvalue weighted by Gasteiger charge is 2.31. The Morgan fingerprint density at radius 2 is 1.97 bits per heavy atom. The number of rotatable bonds is 5. The molecule has 3 aromatic rings. The summed E-state index contributed by atoms with van der Waals surface area (Å²) in [5.74, 6) is -1.36. The lowest BCUT2D eigenvalue weighted by Crippen LogP contribution is -2.47. The van der Waals surface area contributed by atoms with E-state index in [0.717, 1.165) is 0 Å². The summed E-state index contributed by atoms with van der Waals surface area (Å²) in [5, 5.41) is 10.4. The van der Waals surface area contributed by atoms with Crippen molar-refractivity contribution in [3.8, 4) is 16.9 Å². The Hall–Kier alpha value is -3.32. The molecule has 1 aliphatic rings. The molecular formula is C24H22ClNO6. The number of carboxylic acids is 1. The van der Waals surface area contributed by atoms with E-state index in [0.29, 0.717) is 52.3 Å². The first-order valence-corrected chi connectivity index (χ1v) is 10.7. The van der Waals surface area contributed by atoms with Crippen LogP contribution in [0.1, 0.15) is 19.8 Å². The largest absolute Gasteiger partial charge is 0.481 e. The van der Waals surface area contributed by atoms with Gasteiger partial charge in [-0.1, -0.05) is 29.8 Å². The van der Waals surface area contributed by atoms with Gasteiger partial charge in [-0.3, -0.25) is 9.59 Å². The van der Waals surface area contributed by atoms with Gasteiger partial charge in [0.05, 0.1) is 5.92 Å². The van der Waals surface area contributed by atoms with Crippen LogP contribution in [0.3, 0.4) is 0 Å². The zero-order chi connectivity index (χ0) is 22.8. The second-order valence-corrected chi connectivity index (χ2v) is 8.25. The molecule has 8 heteroatoms. The highest BCUT2D eigenvalue weighted by atomic mass is 35.5. The van der Waals surface area contributed by atoms with Crippen LogP contribution in [0.25, 0.3) is 22.1 Å². The number of aliphatic carboxylic acids is 1. The van der Waals surface area contributed by atoms with E-state index in [1.807, 2.05) is 18.2 Å². The maximum Gasteiger partial charge on any atom is 0.336 e. The number of halogens is 1. The van der Waals surface area contributed by atoms with Crippen molar-refractivity contribution >= 4 is 34.4 Å². The number of carboxylic acid groups (broad SMARTS) is 1. The number of benzene rings is 2. The van der Waals surface area contributed by atoms with Gasteiger partial charge >= 0.3 is 11.6 Å². The molecule has 0 aliphatic carbocycles. The molecule has 0 radical (unpaired) electrons. The van der Waals surface area contributed by atoms with Gasteiger partial charge in [0, 0.05) is 46.8 Å². The number of likely N-dealkylation sites (tertiary alicyclic amines) is 1. The molecule has 0 bridgehead atoms. The summed E-state index contributed by atoms with van der Waals surface area (Å²) in [6.07, 6.45) is 0.381. The molecule has 1 N–H and O–H groups in total. The second kappa shape index (κ2) is 9.04. The van der Waals surface area contributed by atoms with Crippen LogP contribution in [0.5, 0.6) is 5.75 Å². The van der Waals surface area contributed by atoms with E-state index in [1.54, 1.807) is 31.2 Å². The van der Waals surface area contributed by atoms with Crippen molar-refractivity contribution < 1.29 is 23.8 Å². The molecule has 7 nitrogen and oxygen atoms in total. The van der Waals surface area contributed by atoms with E-state index < -0.39 is 23.6 Å². The Bertz CT molecular complexity index is 1240. The molecule has 1 aromatic heterocycles. The number of nitrogens with zero attached hydrogens (tertiary/aromatic N) is 1. The van der Waals surface area contributed by atoms with Crippen LogP contribution in [-0.4, -0.2) is 41.1 Å². The van der Waals surface area contributed by atoms with Crippen LogP contribution in [0.2, 0.25) is 5.02 Å². The summed E-state index contributed by atoms with van der Waals surface area (Å²) < 4.78 is 11.2. The maximum atomic E-state index is 12.8. The number of amides is 1. The molecule has 2 aromatic carbocycles. The summed E-state index contributed by atoms with van der Waals surface area (Å²) in [7, 11) is 0. The topological polar surface area (TPSA) is 97.0 Å². The minimum absolute atomic E-state index is 0.176. The van der Waals surface area contributed by atoms with Crippen molar-refractivity contribution in [2.24, 2.45) is 5.92 Å². The Morgan fingerprint density at radius 3 is 2.72 bits per heavy atom. The molecule has 2 atom stereocenters. The highest BCUT2D eigenvalue weighted by molar-refractivity contribution is 6.33. The Balaban J connectivity index is 1.58. The van der Waals surface area contributed by atoms with Crippen LogP contribution >= 0.6 is 11.6 Å². The number of hydrogen-bond donors (Lipinski definition) is 1. The molecule has 1 saturated heterocycles. The summed E-state index contributed by atoms with van der Waals surface area (Å²) >= 11 is 6.31. The lowest BCUT2D eigenvalue weighted by Gasteiger charge is -2.32. The number of carbonyl (C=O) groups is 2. The highest BCUT2D eigenvalue weighted by Crippen LogP contribution is 2.34. The second-order valence-electron chi connectivity index (χ2n) is 7.84. The van der Waals surface area contributed by atoms with Gasteiger partial charge in [-0.25, -0.2) is 4.79 Å². The van der Waals surface area contributed by atoms with Gasteiger partial charge in [0.15, 0.2) is 6.10 Å². The number of carbonyl (C=O) groups excluding carboxylic acids is 1. The Morgan fingerprint density at radius 1 is 1.19 bits per heavy atom. The monoisotopic (exact) mass is 455 g/mol. The number of hydrogen-bond acceptors (Lipinski definition) is 5. The van der Waals surface area contributed by atoms with Crippen LogP contribution in [0, 0.1) is 5.92 Å². The third-order valence-electron chi connectivity index (χ3n) is 5.62. The molecule has 1 unspecified atom stereocenters. The summed E-state index contributed by atoms with van der Waals surface area (Å²) in [5.41, 5.74) is 1.14. The Kier molecular flexibility index (Phi) is 6.19.